The molecule has 0 saturated heterocycles. The number of rotatable bonds is 4. The van der Waals surface area contributed by atoms with E-state index in [1.54, 1.807) is 44.2 Å². The van der Waals surface area contributed by atoms with Gasteiger partial charge in [0.2, 0.25) is 0 Å². The molecular weight excluding hydrogens is 211 g/mol. The van der Waals surface area contributed by atoms with Crippen molar-refractivity contribution in [3.63, 3.8) is 0 Å². The predicted octanol–water partition coefficient (Wildman–Crippen LogP) is 2.28. The van der Waals surface area contributed by atoms with Crippen LogP contribution in [-0.2, 0) is 0 Å². The number of nitro groups is 1. The van der Waals surface area contributed by atoms with Crippen LogP contribution >= 0.6 is 0 Å². The van der Waals surface area contributed by atoms with Crippen molar-refractivity contribution >= 4 is 0 Å². The van der Waals surface area contributed by atoms with Gasteiger partial charge in [0, 0.05) is 0 Å². The van der Waals surface area contributed by atoms with Crippen LogP contribution in [0.2, 0.25) is 0 Å². The highest BCUT2D eigenvalue weighted by molar-refractivity contribution is 5.22. The number of hydrogen-bond donors (Lipinski definition) is 1. The third kappa shape index (κ3) is 2.36. The summed E-state index contributed by atoms with van der Waals surface area (Å²) in [5, 5.41) is 10.6. The molecule has 2 unspecified atom stereocenters. The molecule has 0 aliphatic rings. The molecule has 88 valence electrons. The Balaban J connectivity index is 3.16. The van der Waals surface area contributed by atoms with Crippen LogP contribution in [0.25, 0.3) is 0 Å². The molecule has 0 fully saturated rings. The van der Waals surface area contributed by atoms with Gasteiger partial charge in [-0.05, 0) is 11.5 Å². The van der Waals surface area contributed by atoms with Crippen LogP contribution in [-0.4, -0.2) is 10.8 Å². The fourth-order valence-corrected chi connectivity index (χ4v) is 1.86. The number of hydrogen-bond acceptors (Lipinski definition) is 3. The highest BCUT2D eigenvalue weighted by Gasteiger charge is 2.49. The van der Waals surface area contributed by atoms with E-state index in [0.29, 0.717) is 5.56 Å². The number of benzene rings is 1. The lowest BCUT2D eigenvalue weighted by molar-refractivity contribution is -0.611. The maximum Gasteiger partial charge on any atom is 0.424 e. The van der Waals surface area contributed by atoms with Gasteiger partial charge in [0.1, 0.15) is 5.92 Å². The molecule has 2 atom stereocenters. The van der Waals surface area contributed by atoms with E-state index >= 15 is 0 Å². The Morgan fingerprint density at radius 2 is 1.88 bits per heavy atom. The predicted molar refractivity (Wildman–Crippen MR) is 59.0 cm³/mol. The first-order valence-electron chi connectivity index (χ1n) is 5.04. The first-order valence-corrected chi connectivity index (χ1v) is 5.04. The minimum absolute atomic E-state index is 0.261. The quantitative estimate of drug-likeness (QED) is 0.370. The lowest BCUT2D eigenvalue weighted by Gasteiger charge is -2.26. The minimum atomic E-state index is -2.93. The highest BCUT2D eigenvalue weighted by Crippen LogP contribution is 2.34. The molecule has 0 aliphatic carbocycles. The van der Waals surface area contributed by atoms with Crippen molar-refractivity contribution in [3.8, 4) is 0 Å². The van der Waals surface area contributed by atoms with Gasteiger partial charge in [0.15, 0.2) is 0 Å². The van der Waals surface area contributed by atoms with Gasteiger partial charge in [-0.2, -0.15) is 0 Å². The molecule has 0 aromatic heterocycles. The van der Waals surface area contributed by atoms with Crippen molar-refractivity contribution in [2.75, 3.05) is 0 Å². The van der Waals surface area contributed by atoms with Gasteiger partial charge < -0.3 is 0 Å². The Kier molecular flexibility index (Phi) is 3.59. The molecule has 0 radical (unpaired) electrons. The summed E-state index contributed by atoms with van der Waals surface area (Å²) >= 11 is 0. The summed E-state index contributed by atoms with van der Waals surface area (Å²) in [6.45, 7) is 3.42. The van der Waals surface area contributed by atoms with E-state index in [1.807, 2.05) is 0 Å². The zero-order valence-corrected chi connectivity index (χ0v) is 9.26. The molecule has 0 aliphatic heterocycles. The molecule has 2 N–H and O–H groups in total. The van der Waals surface area contributed by atoms with E-state index in [0.717, 1.165) is 0 Å². The van der Waals surface area contributed by atoms with E-state index in [1.165, 1.54) is 0 Å². The summed E-state index contributed by atoms with van der Waals surface area (Å²) in [6.07, 6.45) is 0. The van der Waals surface area contributed by atoms with Gasteiger partial charge in [-0.1, -0.05) is 44.2 Å². The summed E-state index contributed by atoms with van der Waals surface area (Å²) in [7, 11) is 0. The van der Waals surface area contributed by atoms with E-state index in [2.05, 4.69) is 0 Å². The largest absolute Gasteiger partial charge is 0.424 e. The number of alkyl halides is 1. The molecule has 0 bridgehead atoms. The maximum atomic E-state index is 13.9. The topological polar surface area (TPSA) is 69.2 Å². The van der Waals surface area contributed by atoms with Gasteiger partial charge >= 0.3 is 5.92 Å². The molecule has 16 heavy (non-hydrogen) atoms. The van der Waals surface area contributed by atoms with Crippen LogP contribution in [0.3, 0.4) is 0 Å². The van der Waals surface area contributed by atoms with Crippen LogP contribution in [0.4, 0.5) is 4.39 Å². The third-order valence-corrected chi connectivity index (χ3v) is 2.54. The van der Waals surface area contributed by atoms with Crippen LogP contribution in [0.5, 0.6) is 0 Å². The lowest BCUT2D eigenvalue weighted by Crippen LogP contribution is -2.50. The van der Waals surface area contributed by atoms with E-state index < -0.39 is 16.8 Å². The second-order valence-corrected chi connectivity index (χ2v) is 4.12. The molecular formula is C11H15FN2O2. The molecule has 0 heterocycles. The first-order chi connectivity index (χ1) is 7.37. The minimum Gasteiger partial charge on any atom is -0.260 e. The number of nitrogens with two attached hydrogens (primary N) is 1. The summed E-state index contributed by atoms with van der Waals surface area (Å²) in [5.74, 6) is -4.15. The fourth-order valence-electron chi connectivity index (χ4n) is 1.86. The molecule has 0 saturated carbocycles. The van der Waals surface area contributed by atoms with Crippen LogP contribution in [0.15, 0.2) is 30.3 Å². The van der Waals surface area contributed by atoms with Crippen molar-refractivity contribution in [2.24, 2.45) is 11.7 Å². The van der Waals surface area contributed by atoms with Gasteiger partial charge in [-0.25, -0.2) is 5.73 Å². The smallest absolute Gasteiger partial charge is 0.260 e. The van der Waals surface area contributed by atoms with E-state index in [-0.39, 0.29) is 5.92 Å². The molecule has 1 aromatic carbocycles. The lowest BCUT2D eigenvalue weighted by atomic mass is 9.85. The number of halogens is 1. The second kappa shape index (κ2) is 4.57. The SMILES string of the molecule is CC(C)C(c1ccccc1)C(N)(F)[N+](=O)[O-]. The Bertz CT molecular complexity index is 366. The maximum absolute atomic E-state index is 13.9. The Morgan fingerprint density at radius 3 is 2.25 bits per heavy atom. The summed E-state index contributed by atoms with van der Waals surface area (Å²) in [6, 6.07) is 8.48. The zero-order valence-electron chi connectivity index (χ0n) is 9.26. The van der Waals surface area contributed by atoms with Crippen LogP contribution < -0.4 is 5.73 Å². The van der Waals surface area contributed by atoms with Crippen molar-refractivity contribution in [3.05, 3.63) is 46.0 Å². The van der Waals surface area contributed by atoms with Gasteiger partial charge in [-0.15, -0.1) is 4.39 Å². The van der Waals surface area contributed by atoms with E-state index in [4.69, 9.17) is 5.73 Å². The molecule has 1 aromatic rings. The summed E-state index contributed by atoms with van der Waals surface area (Å²) in [5.41, 5.74) is 5.71. The monoisotopic (exact) mass is 226 g/mol. The van der Waals surface area contributed by atoms with Crippen molar-refractivity contribution < 1.29 is 9.31 Å². The van der Waals surface area contributed by atoms with E-state index in [9.17, 15) is 14.5 Å². The van der Waals surface area contributed by atoms with Gasteiger partial charge in [0.05, 0.1) is 4.92 Å². The fraction of sp³-hybridized carbons (Fsp3) is 0.455. The average Bonchev–Trinajstić information content (AvgIpc) is 2.18. The third-order valence-electron chi connectivity index (χ3n) is 2.54. The summed E-state index contributed by atoms with van der Waals surface area (Å²) < 4.78 is 13.9. The standard InChI is InChI=1S/C11H15FN2O2/c1-8(2)10(11(12,13)14(15)16)9-6-4-3-5-7-9/h3-8,10H,13H2,1-2H3. The van der Waals surface area contributed by atoms with Crippen LogP contribution in [0, 0.1) is 16.0 Å². The van der Waals surface area contributed by atoms with Gasteiger partial charge in [0.25, 0.3) is 0 Å². The Hall–Kier alpha value is -1.49. The molecule has 5 heteroatoms. The molecule has 0 spiro atoms. The second-order valence-electron chi connectivity index (χ2n) is 4.12. The highest BCUT2D eigenvalue weighted by atomic mass is 19.2. The van der Waals surface area contributed by atoms with Crippen molar-refractivity contribution in [2.45, 2.75) is 25.7 Å². The Morgan fingerprint density at radius 1 is 1.38 bits per heavy atom. The zero-order chi connectivity index (χ0) is 12.3. The van der Waals surface area contributed by atoms with Crippen molar-refractivity contribution in [1.29, 1.82) is 0 Å². The molecule has 4 nitrogen and oxygen atoms in total. The molecule has 0 amide bonds. The summed E-state index contributed by atoms with van der Waals surface area (Å²) in [4.78, 5) is 9.58. The molecule has 1 rings (SSSR count). The van der Waals surface area contributed by atoms with Crippen molar-refractivity contribution in [1.82, 2.24) is 0 Å². The van der Waals surface area contributed by atoms with Gasteiger partial charge in [-0.3, -0.25) is 10.1 Å². The normalized spacial score (nSPS) is 16.8. The van der Waals surface area contributed by atoms with Crippen LogP contribution in [0.1, 0.15) is 25.3 Å². The average molecular weight is 226 g/mol. The Labute approximate surface area is 93.4 Å². The first kappa shape index (κ1) is 12.6. The number of nitrogens with zero attached hydrogens (tertiary/aromatic N) is 1.